The molecule has 0 N–H and O–H groups in total. The summed E-state index contributed by atoms with van der Waals surface area (Å²) in [6.45, 7) is 8.83. The van der Waals surface area contributed by atoms with Crippen molar-refractivity contribution in [3.63, 3.8) is 0 Å². The third-order valence-electron chi connectivity index (χ3n) is 5.96. The highest BCUT2D eigenvalue weighted by molar-refractivity contribution is 5.64. The van der Waals surface area contributed by atoms with Crippen molar-refractivity contribution < 1.29 is 4.74 Å². The van der Waals surface area contributed by atoms with E-state index in [1.807, 2.05) is 0 Å². The minimum atomic E-state index is 0.591. The van der Waals surface area contributed by atoms with Crippen LogP contribution in [0.25, 0.3) is 11.1 Å². The van der Waals surface area contributed by atoms with Gasteiger partial charge in [0.15, 0.2) is 0 Å². The highest BCUT2D eigenvalue weighted by Gasteiger charge is 2.17. The van der Waals surface area contributed by atoms with E-state index >= 15 is 0 Å². The van der Waals surface area contributed by atoms with Gasteiger partial charge in [0.1, 0.15) is 0 Å². The van der Waals surface area contributed by atoms with Gasteiger partial charge in [-0.2, -0.15) is 0 Å². The molecule has 1 nitrogen and oxygen atoms in total. The SMILES string of the molecule is C=CCOCc1ccc(-c2ccc(C/C=C/C[C@H]3CC[C@H](C=C)CC3)cc2)cc1. The van der Waals surface area contributed by atoms with Crippen LogP contribution in [-0.2, 0) is 17.8 Å². The third-order valence-corrected chi connectivity index (χ3v) is 5.96. The van der Waals surface area contributed by atoms with Gasteiger partial charge in [-0.15, -0.1) is 13.2 Å². The molecule has 1 heteroatoms. The lowest BCUT2D eigenvalue weighted by Crippen LogP contribution is -2.12. The number of allylic oxidation sites excluding steroid dienone is 3. The first-order valence-corrected chi connectivity index (χ1v) is 10.9. The Hall–Kier alpha value is -2.38. The largest absolute Gasteiger partial charge is 0.373 e. The van der Waals surface area contributed by atoms with Crippen molar-refractivity contribution in [2.75, 3.05) is 6.61 Å². The second-order valence-electron chi connectivity index (χ2n) is 8.13. The van der Waals surface area contributed by atoms with Crippen LogP contribution < -0.4 is 0 Å². The summed E-state index contributed by atoms with van der Waals surface area (Å²) in [5, 5.41) is 0. The fourth-order valence-corrected chi connectivity index (χ4v) is 4.05. The number of ether oxygens (including phenoxy) is 1. The zero-order valence-electron chi connectivity index (χ0n) is 17.6. The standard InChI is InChI=1S/C28H34O/c1-3-21-29-22-26-15-19-28(20-16-26)27-17-13-25(14-18-27)8-6-5-7-24-11-9-23(4-2)10-12-24/h3-6,13-20,23-24H,1-2,7-12,21-22H2/b6-5+/t23-,24-. The van der Waals surface area contributed by atoms with Crippen LogP contribution >= 0.6 is 0 Å². The summed E-state index contributed by atoms with van der Waals surface area (Å²) in [5.74, 6) is 1.63. The molecule has 0 radical (unpaired) electrons. The van der Waals surface area contributed by atoms with Crippen LogP contribution in [0.4, 0.5) is 0 Å². The van der Waals surface area contributed by atoms with E-state index in [0.717, 1.165) is 18.3 Å². The zero-order chi connectivity index (χ0) is 20.3. The molecule has 1 aliphatic carbocycles. The first-order valence-electron chi connectivity index (χ1n) is 10.9. The monoisotopic (exact) mass is 386 g/mol. The maximum atomic E-state index is 5.50. The molecule has 0 amide bonds. The minimum Gasteiger partial charge on any atom is -0.373 e. The summed E-state index contributed by atoms with van der Waals surface area (Å²) in [6.07, 6.45) is 16.3. The van der Waals surface area contributed by atoms with E-state index < -0.39 is 0 Å². The number of rotatable bonds is 10. The lowest BCUT2D eigenvalue weighted by atomic mass is 9.80. The van der Waals surface area contributed by atoms with Gasteiger partial charge < -0.3 is 4.74 Å². The molecule has 29 heavy (non-hydrogen) atoms. The molecular weight excluding hydrogens is 352 g/mol. The molecule has 2 aromatic carbocycles. The highest BCUT2D eigenvalue weighted by atomic mass is 16.5. The molecule has 1 saturated carbocycles. The average molecular weight is 387 g/mol. The predicted molar refractivity (Wildman–Crippen MR) is 125 cm³/mol. The third kappa shape index (κ3) is 6.87. The summed E-state index contributed by atoms with van der Waals surface area (Å²) < 4.78 is 5.50. The molecule has 0 aromatic heterocycles. The van der Waals surface area contributed by atoms with E-state index in [9.17, 15) is 0 Å². The maximum Gasteiger partial charge on any atom is 0.0721 e. The summed E-state index contributed by atoms with van der Waals surface area (Å²) in [5.41, 5.74) is 5.06. The van der Waals surface area contributed by atoms with Crippen molar-refractivity contribution in [1.29, 1.82) is 0 Å². The molecule has 1 fully saturated rings. The zero-order valence-corrected chi connectivity index (χ0v) is 17.6. The van der Waals surface area contributed by atoms with Crippen molar-refractivity contribution in [3.8, 4) is 11.1 Å². The molecule has 0 spiro atoms. The van der Waals surface area contributed by atoms with Crippen LogP contribution in [0.5, 0.6) is 0 Å². The van der Waals surface area contributed by atoms with Crippen LogP contribution in [0.2, 0.25) is 0 Å². The van der Waals surface area contributed by atoms with E-state index in [4.69, 9.17) is 4.74 Å². The minimum absolute atomic E-state index is 0.591. The van der Waals surface area contributed by atoms with E-state index in [2.05, 4.69) is 79.9 Å². The highest BCUT2D eigenvalue weighted by Crippen LogP contribution is 2.31. The lowest BCUT2D eigenvalue weighted by molar-refractivity contribution is 0.149. The Bertz CT molecular complexity index is 774. The van der Waals surface area contributed by atoms with E-state index in [0.29, 0.717) is 13.2 Å². The smallest absolute Gasteiger partial charge is 0.0721 e. The quantitative estimate of drug-likeness (QED) is 0.303. The Labute approximate surface area is 176 Å². The van der Waals surface area contributed by atoms with Gasteiger partial charge in [-0.05, 0) is 72.6 Å². The van der Waals surface area contributed by atoms with E-state index in [1.165, 1.54) is 54.4 Å². The van der Waals surface area contributed by atoms with E-state index in [1.54, 1.807) is 6.08 Å². The van der Waals surface area contributed by atoms with Crippen molar-refractivity contribution >= 4 is 0 Å². The van der Waals surface area contributed by atoms with Gasteiger partial charge in [-0.3, -0.25) is 0 Å². The molecule has 0 atom stereocenters. The first kappa shape index (κ1) is 21.3. The summed E-state index contributed by atoms with van der Waals surface area (Å²) in [6, 6.07) is 17.6. The summed E-state index contributed by atoms with van der Waals surface area (Å²) in [7, 11) is 0. The van der Waals surface area contributed by atoms with Crippen LogP contribution in [0.1, 0.15) is 43.2 Å². The molecule has 0 aliphatic heterocycles. The number of benzene rings is 2. The van der Waals surface area contributed by atoms with Crippen molar-refractivity contribution in [2.24, 2.45) is 11.8 Å². The lowest BCUT2D eigenvalue weighted by Gasteiger charge is -2.25. The number of hydrogen-bond donors (Lipinski definition) is 0. The normalized spacial score (nSPS) is 19.3. The van der Waals surface area contributed by atoms with Crippen LogP contribution in [0.15, 0.2) is 86.0 Å². The van der Waals surface area contributed by atoms with Gasteiger partial charge in [0.2, 0.25) is 0 Å². The molecule has 152 valence electrons. The van der Waals surface area contributed by atoms with Crippen LogP contribution in [-0.4, -0.2) is 6.61 Å². The second kappa shape index (κ2) is 11.6. The molecule has 3 rings (SSSR count). The Morgan fingerprint density at radius 3 is 2.00 bits per heavy atom. The van der Waals surface area contributed by atoms with Gasteiger partial charge in [0, 0.05) is 0 Å². The van der Waals surface area contributed by atoms with Crippen molar-refractivity contribution in [2.45, 2.75) is 45.1 Å². The molecule has 0 unspecified atom stereocenters. The Kier molecular flexibility index (Phi) is 8.52. The Balaban J connectivity index is 1.45. The van der Waals surface area contributed by atoms with Gasteiger partial charge >= 0.3 is 0 Å². The Morgan fingerprint density at radius 1 is 0.793 bits per heavy atom. The molecular formula is C28H34O. The van der Waals surface area contributed by atoms with Gasteiger partial charge in [0.25, 0.3) is 0 Å². The fraction of sp³-hybridized carbons (Fsp3) is 0.357. The molecule has 0 bridgehead atoms. The van der Waals surface area contributed by atoms with Crippen molar-refractivity contribution in [1.82, 2.24) is 0 Å². The molecule has 0 heterocycles. The second-order valence-corrected chi connectivity index (χ2v) is 8.13. The molecule has 1 aliphatic rings. The van der Waals surface area contributed by atoms with Crippen molar-refractivity contribution in [3.05, 3.63) is 97.1 Å². The Morgan fingerprint density at radius 2 is 1.41 bits per heavy atom. The van der Waals surface area contributed by atoms with E-state index in [-0.39, 0.29) is 0 Å². The number of hydrogen-bond acceptors (Lipinski definition) is 1. The van der Waals surface area contributed by atoms with Gasteiger partial charge in [-0.1, -0.05) is 72.8 Å². The van der Waals surface area contributed by atoms with Crippen LogP contribution in [0, 0.1) is 11.8 Å². The predicted octanol–water partition coefficient (Wildman–Crippen LogP) is 7.54. The first-order chi connectivity index (χ1) is 14.3. The fourth-order valence-electron chi connectivity index (χ4n) is 4.05. The van der Waals surface area contributed by atoms with Gasteiger partial charge in [0.05, 0.1) is 13.2 Å². The van der Waals surface area contributed by atoms with Gasteiger partial charge in [-0.25, -0.2) is 0 Å². The molecule has 2 aromatic rings. The topological polar surface area (TPSA) is 9.23 Å². The summed E-state index contributed by atoms with van der Waals surface area (Å²) >= 11 is 0. The van der Waals surface area contributed by atoms with Crippen LogP contribution in [0.3, 0.4) is 0 Å². The molecule has 0 saturated heterocycles. The average Bonchev–Trinajstić information content (AvgIpc) is 2.78. The maximum absolute atomic E-state index is 5.50. The summed E-state index contributed by atoms with van der Waals surface area (Å²) in [4.78, 5) is 0.